The second-order valence-corrected chi connectivity index (χ2v) is 3.79. The molecule has 2 aromatic carbocycles. The molecular weight excluding hydrogens is 200 g/mol. The lowest BCUT2D eigenvalue weighted by atomic mass is 10.0. The number of hydrogen-bond donors (Lipinski definition) is 0. The van der Waals surface area contributed by atoms with E-state index in [1.807, 2.05) is 36.7 Å². The molecule has 16 heavy (non-hydrogen) atoms. The van der Waals surface area contributed by atoms with Crippen LogP contribution >= 0.6 is 0 Å². The molecule has 4 heteroatoms. The third-order valence-electron chi connectivity index (χ3n) is 2.91. The molecule has 4 aromatic rings. The van der Waals surface area contributed by atoms with E-state index in [-0.39, 0.29) is 0 Å². The summed E-state index contributed by atoms with van der Waals surface area (Å²) in [5.74, 6) is 0. The van der Waals surface area contributed by atoms with Crippen LogP contribution in [0.3, 0.4) is 0 Å². The van der Waals surface area contributed by atoms with Gasteiger partial charge in [0.2, 0.25) is 0 Å². The van der Waals surface area contributed by atoms with Gasteiger partial charge in [-0.15, -0.1) is 10.2 Å². The van der Waals surface area contributed by atoms with Gasteiger partial charge in [0.05, 0.1) is 11.0 Å². The van der Waals surface area contributed by atoms with Gasteiger partial charge in [0.1, 0.15) is 0 Å². The van der Waals surface area contributed by atoms with Crippen LogP contribution in [0.4, 0.5) is 0 Å². The summed E-state index contributed by atoms with van der Waals surface area (Å²) in [6.45, 7) is 0. The van der Waals surface area contributed by atoms with E-state index in [2.05, 4.69) is 20.4 Å². The molecule has 4 nitrogen and oxygen atoms in total. The van der Waals surface area contributed by atoms with E-state index in [4.69, 9.17) is 0 Å². The van der Waals surface area contributed by atoms with Crippen LogP contribution in [0, 0.1) is 0 Å². The molecule has 0 spiro atoms. The van der Waals surface area contributed by atoms with E-state index in [1.165, 1.54) is 5.39 Å². The highest BCUT2D eigenvalue weighted by Crippen LogP contribution is 2.30. The first kappa shape index (κ1) is 7.87. The van der Waals surface area contributed by atoms with Crippen molar-refractivity contribution in [3.63, 3.8) is 0 Å². The van der Waals surface area contributed by atoms with Crippen LogP contribution in [-0.2, 0) is 0 Å². The van der Waals surface area contributed by atoms with Crippen LogP contribution in [-0.4, -0.2) is 20.4 Å². The zero-order valence-corrected chi connectivity index (χ0v) is 8.25. The van der Waals surface area contributed by atoms with Crippen molar-refractivity contribution in [2.45, 2.75) is 0 Å². The number of pyridine rings is 1. The van der Waals surface area contributed by atoms with Crippen molar-refractivity contribution < 1.29 is 0 Å². The minimum atomic E-state index is 0.884. The number of aromatic nitrogens is 4. The summed E-state index contributed by atoms with van der Waals surface area (Å²) in [4.78, 5) is 4.21. The first-order valence-electron chi connectivity index (χ1n) is 5.01. The highest BCUT2D eigenvalue weighted by Gasteiger charge is 2.09. The van der Waals surface area contributed by atoms with Gasteiger partial charge in [0.25, 0.3) is 0 Å². The summed E-state index contributed by atoms with van der Waals surface area (Å²) in [6.07, 6.45) is 3.73. The fourth-order valence-corrected chi connectivity index (χ4v) is 2.21. The summed E-state index contributed by atoms with van der Waals surface area (Å²) in [5.41, 5.74) is 1.77. The van der Waals surface area contributed by atoms with Crippen LogP contribution < -0.4 is 0 Å². The SMILES string of the molecule is c1cc2nnnc3ccc4cncc1c4c23. The van der Waals surface area contributed by atoms with Gasteiger partial charge in [0, 0.05) is 33.9 Å². The van der Waals surface area contributed by atoms with E-state index in [0.29, 0.717) is 0 Å². The normalized spacial score (nSPS) is 11.8. The number of hydrogen-bond acceptors (Lipinski definition) is 4. The molecule has 0 N–H and O–H groups in total. The van der Waals surface area contributed by atoms with Crippen molar-refractivity contribution in [1.82, 2.24) is 20.4 Å². The lowest BCUT2D eigenvalue weighted by Gasteiger charge is -2.06. The summed E-state index contributed by atoms with van der Waals surface area (Å²) in [5, 5.41) is 16.3. The average molecular weight is 206 g/mol. The van der Waals surface area contributed by atoms with Gasteiger partial charge in [-0.25, -0.2) is 0 Å². The van der Waals surface area contributed by atoms with Crippen molar-refractivity contribution >= 4 is 32.6 Å². The molecule has 0 unspecified atom stereocenters. The monoisotopic (exact) mass is 206 g/mol. The van der Waals surface area contributed by atoms with E-state index < -0.39 is 0 Å². The average Bonchev–Trinajstić information content (AvgIpc) is 2.36. The Hall–Kier alpha value is -2.36. The molecule has 0 aliphatic heterocycles. The molecule has 0 amide bonds. The summed E-state index contributed by atoms with van der Waals surface area (Å²) in [7, 11) is 0. The summed E-state index contributed by atoms with van der Waals surface area (Å²) >= 11 is 0. The Labute approximate surface area is 90.3 Å². The molecule has 0 saturated heterocycles. The lowest BCUT2D eigenvalue weighted by molar-refractivity contribution is 0.918. The maximum atomic E-state index is 4.21. The maximum absolute atomic E-state index is 4.21. The molecule has 74 valence electrons. The third-order valence-corrected chi connectivity index (χ3v) is 2.91. The molecule has 0 aliphatic rings. The Morgan fingerprint density at radius 3 is 1.94 bits per heavy atom. The summed E-state index contributed by atoms with van der Waals surface area (Å²) < 4.78 is 0. The van der Waals surface area contributed by atoms with E-state index in [1.54, 1.807) is 0 Å². The predicted molar refractivity (Wildman–Crippen MR) is 61.3 cm³/mol. The Bertz CT molecular complexity index is 680. The number of benzene rings is 2. The quantitative estimate of drug-likeness (QED) is 0.414. The van der Waals surface area contributed by atoms with Crippen LogP contribution in [0.5, 0.6) is 0 Å². The number of rotatable bonds is 0. The zero-order valence-electron chi connectivity index (χ0n) is 8.25. The molecule has 0 aliphatic carbocycles. The predicted octanol–water partition coefficient (Wildman–Crippen LogP) is 2.16. The van der Waals surface area contributed by atoms with Gasteiger partial charge in [-0.2, -0.15) is 0 Å². The van der Waals surface area contributed by atoms with Gasteiger partial charge >= 0.3 is 0 Å². The van der Waals surface area contributed by atoms with Crippen LogP contribution in [0.15, 0.2) is 36.7 Å². The smallest absolute Gasteiger partial charge is 0.0976 e. The van der Waals surface area contributed by atoms with Crippen molar-refractivity contribution in [2.75, 3.05) is 0 Å². The standard InChI is InChI=1S/C12H6N4/c1-3-9-12-10(15-16-14-9)4-2-8-6-13-5-7(1)11(8)12/h1-6H. The highest BCUT2D eigenvalue weighted by atomic mass is 15.3. The van der Waals surface area contributed by atoms with Gasteiger partial charge in [0.15, 0.2) is 0 Å². The first-order chi connectivity index (χ1) is 7.93. The van der Waals surface area contributed by atoms with Gasteiger partial charge in [-0.05, 0) is 17.3 Å². The van der Waals surface area contributed by atoms with Crippen LogP contribution in [0.2, 0.25) is 0 Å². The Morgan fingerprint density at radius 1 is 0.688 bits per heavy atom. The maximum Gasteiger partial charge on any atom is 0.0976 e. The van der Waals surface area contributed by atoms with Crippen LogP contribution in [0.25, 0.3) is 32.6 Å². The highest BCUT2D eigenvalue weighted by molar-refractivity contribution is 6.20. The largest absolute Gasteiger partial charge is 0.263 e. The van der Waals surface area contributed by atoms with E-state index >= 15 is 0 Å². The topological polar surface area (TPSA) is 51.6 Å². The second kappa shape index (κ2) is 2.61. The first-order valence-corrected chi connectivity index (χ1v) is 5.01. The minimum Gasteiger partial charge on any atom is -0.263 e. The van der Waals surface area contributed by atoms with Crippen molar-refractivity contribution in [3.8, 4) is 0 Å². The Kier molecular flexibility index (Phi) is 1.28. The van der Waals surface area contributed by atoms with Gasteiger partial charge < -0.3 is 0 Å². The zero-order chi connectivity index (χ0) is 10.5. The molecular formula is C12H6N4. The molecule has 0 saturated carbocycles. The van der Waals surface area contributed by atoms with Crippen molar-refractivity contribution in [1.29, 1.82) is 0 Å². The van der Waals surface area contributed by atoms with Gasteiger partial charge in [-0.1, -0.05) is 12.1 Å². The third kappa shape index (κ3) is 0.839. The molecule has 2 heterocycles. The fraction of sp³-hybridized carbons (Fsp3) is 0. The molecule has 0 fully saturated rings. The molecule has 0 bridgehead atoms. The second-order valence-electron chi connectivity index (χ2n) is 3.79. The minimum absolute atomic E-state index is 0.884. The molecule has 4 rings (SSSR count). The van der Waals surface area contributed by atoms with Gasteiger partial charge in [-0.3, -0.25) is 4.98 Å². The summed E-state index contributed by atoms with van der Waals surface area (Å²) in [6, 6.07) is 7.96. The van der Waals surface area contributed by atoms with E-state index in [9.17, 15) is 0 Å². The Balaban J connectivity index is 2.51. The molecule has 0 atom stereocenters. The Morgan fingerprint density at radius 2 is 1.31 bits per heavy atom. The van der Waals surface area contributed by atoms with E-state index in [0.717, 1.165) is 27.2 Å². The lowest BCUT2D eigenvalue weighted by Crippen LogP contribution is -1.92. The molecule has 2 aromatic heterocycles. The van der Waals surface area contributed by atoms with Crippen molar-refractivity contribution in [3.05, 3.63) is 36.7 Å². The van der Waals surface area contributed by atoms with Crippen molar-refractivity contribution in [2.24, 2.45) is 0 Å². The fourth-order valence-electron chi connectivity index (χ4n) is 2.21. The number of nitrogens with zero attached hydrogens (tertiary/aromatic N) is 4. The van der Waals surface area contributed by atoms with Crippen LogP contribution in [0.1, 0.15) is 0 Å². The molecule has 0 radical (unpaired) electrons.